The van der Waals surface area contributed by atoms with Gasteiger partial charge in [0, 0.05) is 17.8 Å². The van der Waals surface area contributed by atoms with E-state index in [0.717, 1.165) is 30.7 Å². The molecule has 1 saturated heterocycles. The molecule has 0 bridgehead atoms. The Labute approximate surface area is 105 Å². The van der Waals surface area contributed by atoms with Crippen LogP contribution in [0.5, 0.6) is 0 Å². The molecule has 1 aliphatic rings. The quantitative estimate of drug-likeness (QED) is 0.771. The summed E-state index contributed by atoms with van der Waals surface area (Å²) in [5.74, 6) is 0.196. The summed E-state index contributed by atoms with van der Waals surface area (Å²) in [5, 5.41) is 0. The third kappa shape index (κ3) is 2.94. The molecule has 4 heteroatoms. The van der Waals surface area contributed by atoms with Crippen LogP contribution in [0.1, 0.15) is 40.7 Å². The lowest BCUT2D eigenvalue weighted by Gasteiger charge is -2.25. The standard InChI is InChI=1S/C13H17NO2S/c1-2-10-6-7-12(17-10)11(15)9-14-8-4-3-5-13(14)16/h6-7H,2-5,8-9H2,1H3. The summed E-state index contributed by atoms with van der Waals surface area (Å²) in [6.45, 7) is 3.06. The number of piperidine rings is 1. The molecule has 0 saturated carbocycles. The third-order valence-electron chi connectivity index (χ3n) is 3.04. The number of hydrogen-bond donors (Lipinski definition) is 0. The second kappa shape index (κ2) is 5.45. The fourth-order valence-corrected chi connectivity index (χ4v) is 2.88. The fourth-order valence-electron chi connectivity index (χ4n) is 2.00. The summed E-state index contributed by atoms with van der Waals surface area (Å²) in [6, 6.07) is 3.87. The lowest BCUT2D eigenvalue weighted by Crippen LogP contribution is -2.38. The van der Waals surface area contributed by atoms with Gasteiger partial charge >= 0.3 is 0 Å². The number of thiophene rings is 1. The molecule has 0 aromatic carbocycles. The van der Waals surface area contributed by atoms with Crippen LogP contribution >= 0.6 is 11.3 Å². The molecule has 1 aromatic rings. The van der Waals surface area contributed by atoms with Crippen LogP contribution in [0, 0.1) is 0 Å². The van der Waals surface area contributed by atoms with Crippen LogP contribution in [-0.2, 0) is 11.2 Å². The molecule has 1 aromatic heterocycles. The summed E-state index contributed by atoms with van der Waals surface area (Å²) in [5.41, 5.74) is 0. The van der Waals surface area contributed by atoms with Gasteiger partial charge < -0.3 is 4.90 Å². The Morgan fingerprint density at radius 2 is 2.24 bits per heavy atom. The number of ketones is 1. The molecule has 0 atom stereocenters. The number of hydrogen-bond acceptors (Lipinski definition) is 3. The van der Waals surface area contributed by atoms with Crippen LogP contribution in [0.4, 0.5) is 0 Å². The lowest BCUT2D eigenvalue weighted by atomic mass is 10.1. The zero-order valence-electron chi connectivity index (χ0n) is 10.1. The van der Waals surface area contributed by atoms with E-state index in [1.807, 2.05) is 12.1 Å². The van der Waals surface area contributed by atoms with E-state index in [4.69, 9.17) is 0 Å². The molecule has 1 amide bonds. The van der Waals surface area contributed by atoms with E-state index in [0.29, 0.717) is 6.42 Å². The zero-order chi connectivity index (χ0) is 12.3. The van der Waals surface area contributed by atoms with E-state index in [-0.39, 0.29) is 18.2 Å². The highest BCUT2D eigenvalue weighted by atomic mass is 32.1. The number of carbonyl (C=O) groups is 2. The molecular formula is C13H17NO2S. The van der Waals surface area contributed by atoms with E-state index in [2.05, 4.69) is 6.92 Å². The highest BCUT2D eigenvalue weighted by Gasteiger charge is 2.21. The van der Waals surface area contributed by atoms with Gasteiger partial charge in [-0.15, -0.1) is 11.3 Å². The van der Waals surface area contributed by atoms with E-state index in [9.17, 15) is 9.59 Å². The molecule has 0 unspecified atom stereocenters. The van der Waals surface area contributed by atoms with Gasteiger partial charge in [-0.05, 0) is 31.4 Å². The van der Waals surface area contributed by atoms with Crippen molar-refractivity contribution in [1.82, 2.24) is 4.90 Å². The van der Waals surface area contributed by atoms with Gasteiger partial charge in [0.05, 0.1) is 11.4 Å². The predicted molar refractivity (Wildman–Crippen MR) is 68.5 cm³/mol. The van der Waals surface area contributed by atoms with Crippen LogP contribution < -0.4 is 0 Å². The molecule has 0 N–H and O–H groups in total. The third-order valence-corrected chi connectivity index (χ3v) is 4.31. The minimum atomic E-state index is 0.0740. The van der Waals surface area contributed by atoms with Crippen molar-refractivity contribution >= 4 is 23.0 Å². The molecule has 17 heavy (non-hydrogen) atoms. The number of likely N-dealkylation sites (tertiary alicyclic amines) is 1. The van der Waals surface area contributed by atoms with Gasteiger partial charge in [-0.3, -0.25) is 9.59 Å². The Bertz CT molecular complexity index is 425. The molecular weight excluding hydrogens is 234 g/mol. The Hall–Kier alpha value is -1.16. The Morgan fingerprint density at radius 1 is 1.41 bits per heavy atom. The summed E-state index contributed by atoms with van der Waals surface area (Å²) in [6.07, 6.45) is 3.53. The van der Waals surface area contributed by atoms with Crippen LogP contribution in [0.25, 0.3) is 0 Å². The van der Waals surface area contributed by atoms with Crippen molar-refractivity contribution < 1.29 is 9.59 Å². The lowest BCUT2D eigenvalue weighted by molar-refractivity contribution is -0.132. The van der Waals surface area contributed by atoms with Crippen molar-refractivity contribution in [3.8, 4) is 0 Å². The second-order valence-electron chi connectivity index (χ2n) is 4.32. The zero-order valence-corrected chi connectivity index (χ0v) is 10.9. The number of Topliss-reactive ketones (excluding diaryl/α,β-unsaturated/α-hetero) is 1. The van der Waals surface area contributed by atoms with Crippen molar-refractivity contribution in [2.45, 2.75) is 32.6 Å². The number of nitrogens with zero attached hydrogens (tertiary/aromatic N) is 1. The molecule has 3 nitrogen and oxygen atoms in total. The van der Waals surface area contributed by atoms with E-state index in [1.165, 1.54) is 4.88 Å². The minimum absolute atomic E-state index is 0.0740. The maximum atomic E-state index is 12.0. The number of rotatable bonds is 4. The number of amides is 1. The molecule has 1 fully saturated rings. The molecule has 1 aliphatic heterocycles. The first-order valence-corrected chi connectivity index (χ1v) is 6.92. The van der Waals surface area contributed by atoms with Crippen LogP contribution in [0.15, 0.2) is 12.1 Å². The average molecular weight is 251 g/mol. The second-order valence-corrected chi connectivity index (χ2v) is 5.48. The van der Waals surface area contributed by atoms with E-state index >= 15 is 0 Å². The SMILES string of the molecule is CCc1ccc(C(=O)CN2CCCCC2=O)s1. The van der Waals surface area contributed by atoms with Crippen molar-refractivity contribution in [1.29, 1.82) is 0 Å². The molecule has 0 radical (unpaired) electrons. The summed E-state index contributed by atoms with van der Waals surface area (Å²) < 4.78 is 0. The summed E-state index contributed by atoms with van der Waals surface area (Å²) in [7, 11) is 0. The van der Waals surface area contributed by atoms with Gasteiger partial charge in [0.1, 0.15) is 0 Å². The van der Waals surface area contributed by atoms with Gasteiger partial charge in [0.2, 0.25) is 5.91 Å². The van der Waals surface area contributed by atoms with Crippen LogP contribution in [-0.4, -0.2) is 29.7 Å². The summed E-state index contributed by atoms with van der Waals surface area (Å²) in [4.78, 5) is 27.3. The molecule has 2 heterocycles. The Morgan fingerprint density at radius 3 is 2.88 bits per heavy atom. The largest absolute Gasteiger partial charge is 0.335 e. The Balaban J connectivity index is 1.98. The van der Waals surface area contributed by atoms with Gasteiger partial charge in [-0.2, -0.15) is 0 Å². The highest BCUT2D eigenvalue weighted by Crippen LogP contribution is 2.19. The normalized spacial score (nSPS) is 16.3. The van der Waals surface area contributed by atoms with Crippen molar-refractivity contribution in [3.05, 3.63) is 21.9 Å². The number of aryl methyl sites for hydroxylation is 1. The van der Waals surface area contributed by atoms with Gasteiger partial charge in [0.15, 0.2) is 5.78 Å². The molecule has 92 valence electrons. The van der Waals surface area contributed by atoms with Gasteiger partial charge in [-0.1, -0.05) is 6.92 Å². The summed E-state index contributed by atoms with van der Waals surface area (Å²) >= 11 is 1.54. The van der Waals surface area contributed by atoms with Gasteiger partial charge in [0.25, 0.3) is 0 Å². The predicted octanol–water partition coefficient (Wildman–Crippen LogP) is 2.51. The van der Waals surface area contributed by atoms with Crippen LogP contribution in [0.3, 0.4) is 0 Å². The first kappa shape index (κ1) is 12.3. The maximum Gasteiger partial charge on any atom is 0.222 e. The monoisotopic (exact) mass is 251 g/mol. The van der Waals surface area contributed by atoms with Crippen molar-refractivity contribution in [2.75, 3.05) is 13.1 Å². The average Bonchev–Trinajstić information content (AvgIpc) is 2.81. The van der Waals surface area contributed by atoms with Crippen molar-refractivity contribution in [2.24, 2.45) is 0 Å². The smallest absolute Gasteiger partial charge is 0.222 e. The molecule has 0 spiro atoms. The fraction of sp³-hybridized carbons (Fsp3) is 0.538. The maximum absolute atomic E-state index is 12.0. The highest BCUT2D eigenvalue weighted by molar-refractivity contribution is 7.14. The first-order valence-electron chi connectivity index (χ1n) is 6.10. The number of carbonyl (C=O) groups excluding carboxylic acids is 2. The van der Waals surface area contributed by atoms with Crippen LogP contribution in [0.2, 0.25) is 0 Å². The van der Waals surface area contributed by atoms with Crippen molar-refractivity contribution in [3.63, 3.8) is 0 Å². The first-order chi connectivity index (χ1) is 8.20. The molecule has 0 aliphatic carbocycles. The van der Waals surface area contributed by atoms with E-state index in [1.54, 1.807) is 16.2 Å². The van der Waals surface area contributed by atoms with E-state index < -0.39 is 0 Å². The minimum Gasteiger partial charge on any atom is -0.335 e. The topological polar surface area (TPSA) is 37.4 Å². The Kier molecular flexibility index (Phi) is 3.94. The molecule has 2 rings (SSSR count). The van der Waals surface area contributed by atoms with Gasteiger partial charge in [-0.25, -0.2) is 0 Å².